The maximum atomic E-state index is 10.9. The highest BCUT2D eigenvalue weighted by atomic mass is 79.9. The van der Waals surface area contributed by atoms with E-state index >= 15 is 0 Å². The van der Waals surface area contributed by atoms with Crippen LogP contribution in [0, 0.1) is 0 Å². The normalized spacial score (nSPS) is 20.1. The van der Waals surface area contributed by atoms with Crippen molar-refractivity contribution < 1.29 is 12.6 Å². The topological polar surface area (TPSA) is 46.6 Å². The van der Waals surface area contributed by atoms with Crippen LogP contribution < -0.4 is 4.90 Å². The van der Waals surface area contributed by atoms with E-state index in [9.17, 15) is 8.42 Å². The second-order valence-electron chi connectivity index (χ2n) is 4.10. The van der Waals surface area contributed by atoms with Crippen molar-refractivity contribution in [1.29, 1.82) is 0 Å². The van der Waals surface area contributed by atoms with E-state index in [4.69, 9.17) is 4.18 Å². The van der Waals surface area contributed by atoms with Crippen LogP contribution in [0.2, 0.25) is 0 Å². The minimum absolute atomic E-state index is 0.158. The summed E-state index contributed by atoms with van der Waals surface area (Å²) in [6.45, 7) is 1.17. The highest BCUT2D eigenvalue weighted by molar-refractivity contribution is 9.10. The summed E-state index contributed by atoms with van der Waals surface area (Å²) in [6.07, 6.45) is 2.04. The van der Waals surface area contributed by atoms with Gasteiger partial charge in [0.05, 0.1) is 18.9 Å². The van der Waals surface area contributed by atoms with Crippen molar-refractivity contribution in [1.82, 2.24) is 0 Å². The second kappa shape index (κ2) is 4.96. The Morgan fingerprint density at radius 3 is 2.53 bits per heavy atom. The van der Waals surface area contributed by atoms with Crippen LogP contribution in [0.3, 0.4) is 0 Å². The summed E-state index contributed by atoms with van der Waals surface area (Å²) >= 11 is 3.38. The first-order chi connectivity index (χ1) is 7.96. The highest BCUT2D eigenvalue weighted by Crippen LogP contribution is 2.27. The molecule has 6 heteroatoms. The van der Waals surface area contributed by atoms with Crippen LogP contribution in [0.4, 0.5) is 5.69 Å². The Balaban J connectivity index is 1.97. The Kier molecular flexibility index (Phi) is 3.75. The summed E-state index contributed by atoms with van der Waals surface area (Å²) in [5.74, 6) is 0. The smallest absolute Gasteiger partial charge is 0.264 e. The van der Waals surface area contributed by atoms with Gasteiger partial charge in [-0.1, -0.05) is 15.9 Å². The van der Waals surface area contributed by atoms with Gasteiger partial charge in [-0.2, -0.15) is 8.42 Å². The van der Waals surface area contributed by atoms with Gasteiger partial charge in [-0.3, -0.25) is 4.18 Å². The molecule has 1 unspecified atom stereocenters. The molecule has 0 aliphatic carbocycles. The van der Waals surface area contributed by atoms with E-state index < -0.39 is 10.1 Å². The third-order valence-electron chi connectivity index (χ3n) is 2.78. The summed E-state index contributed by atoms with van der Waals surface area (Å²) in [5.41, 5.74) is 1.10. The molecule has 0 saturated carbocycles. The van der Waals surface area contributed by atoms with E-state index in [0.717, 1.165) is 29.4 Å². The van der Waals surface area contributed by atoms with Crippen LogP contribution in [0.25, 0.3) is 0 Å². The van der Waals surface area contributed by atoms with Crippen LogP contribution in [-0.2, 0) is 14.3 Å². The maximum absolute atomic E-state index is 10.9. The Hall–Kier alpha value is -0.590. The Morgan fingerprint density at radius 2 is 2.06 bits per heavy atom. The average Bonchev–Trinajstić information content (AvgIpc) is 2.18. The van der Waals surface area contributed by atoms with Crippen LogP contribution in [-0.4, -0.2) is 33.9 Å². The molecule has 0 amide bonds. The summed E-state index contributed by atoms with van der Waals surface area (Å²) in [7, 11) is -3.34. The van der Waals surface area contributed by atoms with Gasteiger partial charge in [0.1, 0.15) is 0 Å². The van der Waals surface area contributed by atoms with Crippen LogP contribution in [0.15, 0.2) is 28.7 Å². The lowest BCUT2D eigenvalue weighted by Crippen LogP contribution is -2.50. The van der Waals surface area contributed by atoms with Crippen molar-refractivity contribution in [3.8, 4) is 0 Å². The van der Waals surface area contributed by atoms with Crippen molar-refractivity contribution in [2.75, 3.05) is 24.3 Å². The minimum atomic E-state index is -3.34. The number of halogens is 1. The third kappa shape index (κ3) is 3.43. The summed E-state index contributed by atoms with van der Waals surface area (Å²) in [5, 5.41) is 0. The quantitative estimate of drug-likeness (QED) is 0.796. The second-order valence-corrected chi connectivity index (χ2v) is 6.66. The first-order valence-electron chi connectivity index (χ1n) is 5.32. The molecular weight excluding hydrogens is 306 g/mol. The first kappa shape index (κ1) is 12.9. The summed E-state index contributed by atoms with van der Waals surface area (Å²) < 4.78 is 27.7. The molecule has 0 aromatic heterocycles. The number of hydrogen-bond acceptors (Lipinski definition) is 4. The zero-order valence-corrected chi connectivity index (χ0v) is 11.9. The molecule has 1 atom stereocenters. The molecule has 1 heterocycles. The lowest BCUT2D eigenvalue weighted by molar-refractivity contribution is 0.253. The van der Waals surface area contributed by atoms with Crippen molar-refractivity contribution in [2.45, 2.75) is 12.5 Å². The van der Waals surface area contributed by atoms with E-state index in [1.165, 1.54) is 0 Å². The molecule has 0 radical (unpaired) electrons. The molecule has 1 saturated heterocycles. The van der Waals surface area contributed by atoms with Gasteiger partial charge in [-0.25, -0.2) is 0 Å². The fraction of sp³-hybridized carbons (Fsp3) is 0.455. The van der Waals surface area contributed by atoms with Gasteiger partial charge in [0.2, 0.25) is 0 Å². The number of anilines is 1. The van der Waals surface area contributed by atoms with E-state index in [1.807, 2.05) is 24.3 Å². The maximum Gasteiger partial charge on any atom is 0.264 e. The number of benzene rings is 1. The molecule has 17 heavy (non-hydrogen) atoms. The number of rotatable bonds is 4. The first-order valence-corrected chi connectivity index (χ1v) is 7.93. The molecule has 1 aliphatic rings. The van der Waals surface area contributed by atoms with Crippen molar-refractivity contribution >= 4 is 31.7 Å². The zero-order chi connectivity index (χ0) is 12.5. The van der Waals surface area contributed by atoms with Gasteiger partial charge >= 0.3 is 0 Å². The fourth-order valence-electron chi connectivity index (χ4n) is 1.79. The molecule has 1 aromatic carbocycles. The zero-order valence-electron chi connectivity index (χ0n) is 9.47. The molecular formula is C11H14BrNO3S. The van der Waals surface area contributed by atoms with Crippen molar-refractivity contribution in [3.63, 3.8) is 0 Å². The Labute approximate surface area is 110 Å². The number of nitrogens with zero attached hydrogens (tertiary/aromatic N) is 1. The summed E-state index contributed by atoms with van der Waals surface area (Å²) in [6, 6.07) is 8.13. The molecule has 4 nitrogen and oxygen atoms in total. The van der Waals surface area contributed by atoms with Gasteiger partial charge in [-0.05, 0) is 30.7 Å². The Bertz CT molecular complexity index is 486. The molecule has 1 aliphatic heterocycles. The van der Waals surface area contributed by atoms with Gasteiger partial charge in [0, 0.05) is 16.7 Å². The van der Waals surface area contributed by atoms with Gasteiger partial charge in [0.15, 0.2) is 0 Å². The molecule has 0 spiro atoms. The molecule has 2 rings (SSSR count). The highest BCUT2D eigenvalue weighted by Gasteiger charge is 2.29. The van der Waals surface area contributed by atoms with Crippen molar-refractivity contribution in [3.05, 3.63) is 28.7 Å². The standard InChI is InChI=1S/C11H14BrNO3S/c1-17(14,15)16-8-11-6-7-13(11)10-4-2-9(12)3-5-10/h2-5,11H,6-8H2,1H3. The predicted octanol–water partition coefficient (Wildman–Crippen LogP) is 2.00. The lowest BCUT2D eigenvalue weighted by Gasteiger charge is -2.42. The molecule has 0 N–H and O–H groups in total. The van der Waals surface area contributed by atoms with Crippen LogP contribution >= 0.6 is 15.9 Å². The van der Waals surface area contributed by atoms with E-state index in [0.29, 0.717) is 0 Å². The van der Waals surface area contributed by atoms with Gasteiger partial charge in [-0.15, -0.1) is 0 Å². The number of hydrogen-bond donors (Lipinski definition) is 0. The lowest BCUT2D eigenvalue weighted by atomic mass is 10.0. The average molecular weight is 320 g/mol. The SMILES string of the molecule is CS(=O)(=O)OCC1CCN1c1ccc(Br)cc1. The molecule has 1 fully saturated rings. The monoisotopic (exact) mass is 319 g/mol. The largest absolute Gasteiger partial charge is 0.366 e. The van der Waals surface area contributed by atoms with Gasteiger partial charge in [0.25, 0.3) is 10.1 Å². The Morgan fingerprint density at radius 1 is 1.41 bits per heavy atom. The fourth-order valence-corrected chi connectivity index (χ4v) is 2.46. The molecule has 94 valence electrons. The molecule has 1 aromatic rings. The minimum Gasteiger partial charge on any atom is -0.366 e. The van der Waals surface area contributed by atoms with E-state index in [2.05, 4.69) is 20.8 Å². The molecule has 0 bridgehead atoms. The van der Waals surface area contributed by atoms with Crippen molar-refractivity contribution in [2.24, 2.45) is 0 Å². The summed E-state index contributed by atoms with van der Waals surface area (Å²) in [4.78, 5) is 2.15. The van der Waals surface area contributed by atoms with E-state index in [-0.39, 0.29) is 12.6 Å². The predicted molar refractivity (Wildman–Crippen MR) is 70.7 cm³/mol. The van der Waals surface area contributed by atoms with E-state index in [1.54, 1.807) is 0 Å². The third-order valence-corrected chi connectivity index (χ3v) is 3.87. The van der Waals surface area contributed by atoms with Gasteiger partial charge < -0.3 is 4.90 Å². The van der Waals surface area contributed by atoms with Crippen LogP contribution in [0.1, 0.15) is 6.42 Å². The van der Waals surface area contributed by atoms with Crippen LogP contribution in [0.5, 0.6) is 0 Å².